The number of rotatable bonds is 4. The molecule has 0 spiro atoms. The van der Waals surface area contributed by atoms with Gasteiger partial charge in [0.05, 0.1) is 11.4 Å². The zero-order chi connectivity index (χ0) is 15.5. The quantitative estimate of drug-likeness (QED) is 0.903. The summed E-state index contributed by atoms with van der Waals surface area (Å²) in [5.41, 5.74) is 1.27. The molecule has 2 saturated heterocycles. The van der Waals surface area contributed by atoms with Gasteiger partial charge in [-0.3, -0.25) is 9.80 Å². The predicted molar refractivity (Wildman–Crippen MR) is 103 cm³/mol. The van der Waals surface area contributed by atoms with Crippen LogP contribution in [-0.4, -0.2) is 60.1 Å². The molecule has 0 amide bonds. The van der Waals surface area contributed by atoms with Gasteiger partial charge in [-0.1, -0.05) is 30.3 Å². The second-order valence-electron chi connectivity index (χ2n) is 6.45. The largest absolute Gasteiger partial charge is 0.314 e. The number of nitrogens with one attached hydrogen (secondary N) is 1. The van der Waals surface area contributed by atoms with Crippen molar-refractivity contribution in [3.63, 3.8) is 0 Å². The van der Waals surface area contributed by atoms with Gasteiger partial charge in [0.15, 0.2) is 0 Å². The summed E-state index contributed by atoms with van der Waals surface area (Å²) in [6, 6.07) is 11.3. The van der Waals surface area contributed by atoms with Crippen LogP contribution in [0, 0.1) is 0 Å². The molecule has 2 aliphatic heterocycles. The van der Waals surface area contributed by atoms with E-state index in [1.807, 2.05) is 17.5 Å². The molecule has 1 aromatic carbocycles. The summed E-state index contributed by atoms with van der Waals surface area (Å²) in [4.78, 5) is 11.2. The van der Waals surface area contributed by atoms with Gasteiger partial charge in [-0.25, -0.2) is 4.98 Å². The number of hydrogen-bond donors (Lipinski definition) is 1. The van der Waals surface area contributed by atoms with Gasteiger partial charge < -0.3 is 5.32 Å². The summed E-state index contributed by atoms with van der Waals surface area (Å²) in [6.45, 7) is 8.09. The molecular weight excluding hydrogens is 340 g/mol. The van der Waals surface area contributed by atoms with Crippen LogP contribution in [0.5, 0.6) is 0 Å². The molecule has 2 aromatic rings. The first kappa shape index (κ1) is 17.8. The third kappa shape index (κ3) is 4.16. The minimum atomic E-state index is 0. The lowest BCUT2D eigenvalue weighted by molar-refractivity contribution is 0.170. The van der Waals surface area contributed by atoms with Crippen LogP contribution in [0.3, 0.4) is 0 Å². The fourth-order valence-corrected chi connectivity index (χ4v) is 4.58. The van der Waals surface area contributed by atoms with Crippen LogP contribution >= 0.6 is 23.7 Å². The molecule has 24 heavy (non-hydrogen) atoms. The summed E-state index contributed by atoms with van der Waals surface area (Å²) in [5, 5.41) is 4.68. The first-order valence-electron chi connectivity index (χ1n) is 8.56. The lowest BCUT2D eigenvalue weighted by Crippen LogP contribution is -2.49. The molecule has 0 radical (unpaired) electrons. The first-order valence-corrected chi connectivity index (χ1v) is 9.37. The fourth-order valence-electron chi connectivity index (χ4n) is 3.61. The highest BCUT2D eigenvalue weighted by Gasteiger charge is 2.28. The number of hydrogen-bond acceptors (Lipinski definition) is 5. The summed E-state index contributed by atoms with van der Waals surface area (Å²) in [6.07, 6.45) is 3.33. The van der Waals surface area contributed by atoms with E-state index in [1.54, 1.807) is 0 Å². The van der Waals surface area contributed by atoms with E-state index in [4.69, 9.17) is 0 Å². The Balaban J connectivity index is 0.00000169. The van der Waals surface area contributed by atoms with Crippen molar-refractivity contribution in [2.75, 3.05) is 39.3 Å². The van der Waals surface area contributed by atoms with E-state index in [0.717, 1.165) is 25.7 Å². The van der Waals surface area contributed by atoms with Crippen LogP contribution in [0.15, 0.2) is 36.5 Å². The van der Waals surface area contributed by atoms with Crippen molar-refractivity contribution in [3.8, 4) is 10.4 Å². The molecule has 1 aromatic heterocycles. The Kier molecular flexibility index (Phi) is 6.25. The molecule has 0 bridgehead atoms. The Morgan fingerprint density at radius 3 is 2.71 bits per heavy atom. The van der Waals surface area contributed by atoms with Gasteiger partial charge in [-0.15, -0.1) is 23.7 Å². The number of halogens is 1. The first-order chi connectivity index (χ1) is 11.4. The Labute approximate surface area is 154 Å². The van der Waals surface area contributed by atoms with E-state index in [9.17, 15) is 0 Å². The second-order valence-corrected chi connectivity index (χ2v) is 7.56. The van der Waals surface area contributed by atoms with Crippen LogP contribution < -0.4 is 5.32 Å². The van der Waals surface area contributed by atoms with Crippen molar-refractivity contribution in [2.45, 2.75) is 19.0 Å². The smallest absolute Gasteiger partial charge is 0.107 e. The lowest BCUT2D eigenvalue weighted by atomic mass is 10.2. The molecule has 3 heterocycles. The van der Waals surface area contributed by atoms with Crippen LogP contribution in [0.2, 0.25) is 0 Å². The fraction of sp³-hybridized carbons (Fsp3) is 0.500. The third-order valence-electron chi connectivity index (χ3n) is 4.89. The Morgan fingerprint density at radius 1 is 1.12 bits per heavy atom. The number of benzene rings is 1. The highest BCUT2D eigenvalue weighted by Crippen LogP contribution is 2.27. The SMILES string of the molecule is Cl.c1ccc(-c2cnc(CN3CCC(N4CCNCC4)C3)s2)cc1. The average Bonchev–Trinajstić information content (AvgIpc) is 3.27. The van der Waals surface area contributed by atoms with Crippen LogP contribution in [0.4, 0.5) is 0 Å². The average molecular weight is 365 g/mol. The summed E-state index contributed by atoms with van der Waals surface area (Å²) in [7, 11) is 0. The Bertz CT molecular complexity index is 627. The summed E-state index contributed by atoms with van der Waals surface area (Å²) in [5.74, 6) is 0. The monoisotopic (exact) mass is 364 g/mol. The number of nitrogens with zero attached hydrogens (tertiary/aromatic N) is 3. The molecule has 1 unspecified atom stereocenters. The minimum absolute atomic E-state index is 0. The molecule has 0 saturated carbocycles. The minimum Gasteiger partial charge on any atom is -0.314 e. The van der Waals surface area contributed by atoms with Crippen LogP contribution in [-0.2, 0) is 6.54 Å². The zero-order valence-corrected chi connectivity index (χ0v) is 15.5. The maximum Gasteiger partial charge on any atom is 0.107 e. The van der Waals surface area contributed by atoms with Crippen LogP contribution in [0.25, 0.3) is 10.4 Å². The van der Waals surface area contributed by atoms with E-state index >= 15 is 0 Å². The highest BCUT2D eigenvalue weighted by molar-refractivity contribution is 7.15. The van der Waals surface area contributed by atoms with Gasteiger partial charge >= 0.3 is 0 Å². The lowest BCUT2D eigenvalue weighted by Gasteiger charge is -2.32. The molecule has 4 rings (SSSR count). The molecule has 2 aliphatic rings. The third-order valence-corrected chi connectivity index (χ3v) is 5.92. The molecule has 1 N–H and O–H groups in total. The molecule has 130 valence electrons. The van der Waals surface area contributed by atoms with Crippen molar-refractivity contribution in [1.29, 1.82) is 0 Å². The van der Waals surface area contributed by atoms with Gasteiger partial charge in [0, 0.05) is 51.5 Å². The maximum absolute atomic E-state index is 4.65. The molecular formula is C18H25ClN4S. The van der Waals surface area contributed by atoms with Crippen molar-refractivity contribution in [2.24, 2.45) is 0 Å². The van der Waals surface area contributed by atoms with Crippen molar-refractivity contribution >= 4 is 23.7 Å². The van der Waals surface area contributed by atoms with Crippen molar-refractivity contribution in [3.05, 3.63) is 41.5 Å². The Hall–Kier alpha value is -0.980. The van der Waals surface area contributed by atoms with Crippen LogP contribution in [0.1, 0.15) is 11.4 Å². The van der Waals surface area contributed by atoms with Gasteiger partial charge in [-0.2, -0.15) is 0 Å². The Morgan fingerprint density at radius 2 is 1.92 bits per heavy atom. The second kappa shape index (κ2) is 8.41. The van der Waals surface area contributed by atoms with Gasteiger partial charge in [0.25, 0.3) is 0 Å². The normalized spacial score (nSPS) is 22.4. The summed E-state index contributed by atoms with van der Waals surface area (Å²) >= 11 is 1.83. The van der Waals surface area contributed by atoms with E-state index in [2.05, 4.69) is 50.4 Å². The van der Waals surface area contributed by atoms with Gasteiger partial charge in [-0.05, 0) is 12.0 Å². The van der Waals surface area contributed by atoms with E-state index in [1.165, 1.54) is 48.0 Å². The van der Waals surface area contributed by atoms with Crippen molar-refractivity contribution < 1.29 is 0 Å². The number of likely N-dealkylation sites (tertiary alicyclic amines) is 1. The number of thiazole rings is 1. The standard InChI is InChI=1S/C18H24N4S.ClH/c1-2-4-15(5-3-1)17-12-20-18(23-17)14-21-9-6-16(13-21)22-10-7-19-8-11-22;/h1-5,12,16,19H,6-11,13-14H2;1H. The summed E-state index contributed by atoms with van der Waals surface area (Å²) < 4.78 is 0. The number of aromatic nitrogens is 1. The van der Waals surface area contributed by atoms with E-state index in [0.29, 0.717) is 0 Å². The topological polar surface area (TPSA) is 31.4 Å². The predicted octanol–water partition coefficient (Wildman–Crippen LogP) is 2.71. The molecule has 4 nitrogen and oxygen atoms in total. The highest BCUT2D eigenvalue weighted by atomic mass is 35.5. The molecule has 0 aliphatic carbocycles. The van der Waals surface area contributed by atoms with Gasteiger partial charge in [0.2, 0.25) is 0 Å². The van der Waals surface area contributed by atoms with Crippen molar-refractivity contribution in [1.82, 2.24) is 20.1 Å². The van der Waals surface area contributed by atoms with E-state index < -0.39 is 0 Å². The van der Waals surface area contributed by atoms with E-state index in [-0.39, 0.29) is 12.4 Å². The number of piperazine rings is 1. The van der Waals surface area contributed by atoms with Gasteiger partial charge in [0.1, 0.15) is 5.01 Å². The molecule has 6 heteroatoms. The molecule has 1 atom stereocenters. The maximum atomic E-state index is 4.65. The molecule has 2 fully saturated rings. The zero-order valence-electron chi connectivity index (χ0n) is 13.9.